The van der Waals surface area contributed by atoms with Crippen LogP contribution < -0.4 is 4.74 Å². The SMILES string of the molecule is CCCCOc1ccc(Br)c(O)c1. The largest absolute Gasteiger partial charge is 0.507 e. The lowest BCUT2D eigenvalue weighted by molar-refractivity contribution is 0.307. The number of benzene rings is 1. The van der Waals surface area contributed by atoms with Crippen LogP contribution in [0, 0.1) is 0 Å². The van der Waals surface area contributed by atoms with Gasteiger partial charge in [-0.25, -0.2) is 0 Å². The lowest BCUT2D eigenvalue weighted by Gasteiger charge is -2.05. The van der Waals surface area contributed by atoms with E-state index in [-0.39, 0.29) is 5.75 Å². The van der Waals surface area contributed by atoms with Crippen molar-refractivity contribution in [2.24, 2.45) is 0 Å². The lowest BCUT2D eigenvalue weighted by Crippen LogP contribution is -1.95. The van der Waals surface area contributed by atoms with Crippen molar-refractivity contribution >= 4 is 15.9 Å². The normalized spacial score (nSPS) is 10.0. The Morgan fingerprint density at radius 3 is 2.85 bits per heavy atom. The molecule has 0 aliphatic rings. The number of rotatable bonds is 4. The van der Waals surface area contributed by atoms with Crippen LogP contribution in [0.3, 0.4) is 0 Å². The Bertz CT molecular complexity index is 274. The first-order chi connectivity index (χ1) is 6.24. The summed E-state index contributed by atoms with van der Waals surface area (Å²) in [6.45, 7) is 2.82. The van der Waals surface area contributed by atoms with E-state index in [1.54, 1.807) is 12.1 Å². The molecule has 13 heavy (non-hydrogen) atoms. The van der Waals surface area contributed by atoms with Gasteiger partial charge in [0.05, 0.1) is 11.1 Å². The minimum absolute atomic E-state index is 0.217. The molecule has 1 N–H and O–H groups in total. The van der Waals surface area contributed by atoms with E-state index in [9.17, 15) is 5.11 Å². The van der Waals surface area contributed by atoms with Crippen molar-refractivity contribution in [3.8, 4) is 11.5 Å². The monoisotopic (exact) mass is 244 g/mol. The third-order valence-electron chi connectivity index (χ3n) is 1.68. The minimum atomic E-state index is 0.217. The zero-order chi connectivity index (χ0) is 9.68. The van der Waals surface area contributed by atoms with Crippen molar-refractivity contribution in [2.75, 3.05) is 6.61 Å². The van der Waals surface area contributed by atoms with Crippen molar-refractivity contribution in [1.29, 1.82) is 0 Å². The average Bonchev–Trinajstić information content (AvgIpc) is 2.12. The molecule has 0 aromatic heterocycles. The highest BCUT2D eigenvalue weighted by molar-refractivity contribution is 9.10. The van der Waals surface area contributed by atoms with Crippen LogP contribution in [-0.2, 0) is 0 Å². The number of phenolic OH excluding ortho intramolecular Hbond substituents is 1. The summed E-state index contributed by atoms with van der Waals surface area (Å²) in [6, 6.07) is 5.22. The molecule has 0 amide bonds. The molecule has 72 valence electrons. The highest BCUT2D eigenvalue weighted by atomic mass is 79.9. The van der Waals surface area contributed by atoms with E-state index in [0.717, 1.165) is 12.8 Å². The smallest absolute Gasteiger partial charge is 0.133 e. The van der Waals surface area contributed by atoms with E-state index < -0.39 is 0 Å². The summed E-state index contributed by atoms with van der Waals surface area (Å²) in [6.07, 6.45) is 2.15. The van der Waals surface area contributed by atoms with Gasteiger partial charge in [0.1, 0.15) is 11.5 Å². The van der Waals surface area contributed by atoms with Crippen LogP contribution in [-0.4, -0.2) is 11.7 Å². The molecule has 1 aromatic rings. The summed E-state index contributed by atoms with van der Waals surface area (Å²) in [4.78, 5) is 0. The molecular formula is C10H13BrO2. The molecule has 0 radical (unpaired) electrons. The fourth-order valence-corrected chi connectivity index (χ4v) is 1.16. The van der Waals surface area contributed by atoms with E-state index >= 15 is 0 Å². The number of unbranched alkanes of at least 4 members (excludes halogenated alkanes) is 1. The number of ether oxygens (including phenoxy) is 1. The predicted molar refractivity (Wildman–Crippen MR) is 56.2 cm³/mol. The zero-order valence-corrected chi connectivity index (χ0v) is 9.17. The molecule has 2 nitrogen and oxygen atoms in total. The maximum Gasteiger partial charge on any atom is 0.133 e. The fourth-order valence-electron chi connectivity index (χ4n) is 0.917. The molecule has 0 aliphatic carbocycles. The molecule has 1 aromatic carbocycles. The fraction of sp³-hybridized carbons (Fsp3) is 0.400. The van der Waals surface area contributed by atoms with E-state index in [1.807, 2.05) is 6.07 Å². The molecule has 0 bridgehead atoms. The average molecular weight is 245 g/mol. The van der Waals surface area contributed by atoms with Gasteiger partial charge in [0, 0.05) is 6.07 Å². The molecule has 3 heteroatoms. The number of hydrogen-bond acceptors (Lipinski definition) is 2. The highest BCUT2D eigenvalue weighted by Crippen LogP contribution is 2.27. The third-order valence-corrected chi connectivity index (χ3v) is 2.35. The third kappa shape index (κ3) is 3.27. The van der Waals surface area contributed by atoms with Crippen molar-refractivity contribution in [3.05, 3.63) is 22.7 Å². The predicted octanol–water partition coefficient (Wildman–Crippen LogP) is 3.33. The Morgan fingerprint density at radius 2 is 2.23 bits per heavy atom. The minimum Gasteiger partial charge on any atom is -0.507 e. The van der Waals surface area contributed by atoms with Gasteiger partial charge in [-0.1, -0.05) is 13.3 Å². The molecule has 0 spiro atoms. The lowest BCUT2D eigenvalue weighted by atomic mass is 10.3. The Kier molecular flexibility index (Phi) is 4.09. The van der Waals surface area contributed by atoms with Gasteiger partial charge in [0.2, 0.25) is 0 Å². The summed E-state index contributed by atoms with van der Waals surface area (Å²) < 4.78 is 6.09. The maximum atomic E-state index is 9.33. The van der Waals surface area contributed by atoms with Gasteiger partial charge in [-0.05, 0) is 34.5 Å². The van der Waals surface area contributed by atoms with Gasteiger partial charge in [-0.15, -0.1) is 0 Å². The van der Waals surface area contributed by atoms with Gasteiger partial charge >= 0.3 is 0 Å². The standard InChI is InChI=1S/C10H13BrO2/c1-2-3-6-13-8-4-5-9(11)10(12)7-8/h4-5,7,12H,2-3,6H2,1H3. The van der Waals surface area contributed by atoms with E-state index in [0.29, 0.717) is 16.8 Å². The Hall–Kier alpha value is -0.700. The summed E-state index contributed by atoms with van der Waals surface area (Å²) in [5, 5.41) is 9.33. The van der Waals surface area contributed by atoms with Crippen molar-refractivity contribution in [2.45, 2.75) is 19.8 Å². The molecular weight excluding hydrogens is 232 g/mol. The highest BCUT2D eigenvalue weighted by Gasteiger charge is 1.99. The first-order valence-electron chi connectivity index (χ1n) is 4.35. The Balaban J connectivity index is 2.53. The zero-order valence-electron chi connectivity index (χ0n) is 7.59. The summed E-state index contributed by atoms with van der Waals surface area (Å²) in [7, 11) is 0. The number of phenols is 1. The van der Waals surface area contributed by atoms with Crippen LogP contribution >= 0.6 is 15.9 Å². The molecule has 0 aliphatic heterocycles. The van der Waals surface area contributed by atoms with Crippen molar-refractivity contribution in [3.63, 3.8) is 0 Å². The summed E-state index contributed by atoms with van der Waals surface area (Å²) in [5.41, 5.74) is 0. The molecule has 0 saturated carbocycles. The van der Waals surface area contributed by atoms with Crippen LogP contribution in [0.5, 0.6) is 11.5 Å². The van der Waals surface area contributed by atoms with Gasteiger partial charge in [0.25, 0.3) is 0 Å². The first kappa shape index (κ1) is 10.4. The number of aromatic hydroxyl groups is 1. The van der Waals surface area contributed by atoms with Gasteiger partial charge in [0.15, 0.2) is 0 Å². The van der Waals surface area contributed by atoms with Crippen LogP contribution in [0.2, 0.25) is 0 Å². The Labute approximate surface area is 86.7 Å². The maximum absolute atomic E-state index is 9.33. The molecule has 0 heterocycles. The van der Waals surface area contributed by atoms with Gasteiger partial charge < -0.3 is 9.84 Å². The van der Waals surface area contributed by atoms with Crippen LogP contribution in [0.25, 0.3) is 0 Å². The van der Waals surface area contributed by atoms with Gasteiger partial charge in [-0.3, -0.25) is 0 Å². The second-order valence-electron chi connectivity index (χ2n) is 2.82. The molecule has 0 fully saturated rings. The quantitative estimate of drug-likeness (QED) is 0.824. The summed E-state index contributed by atoms with van der Waals surface area (Å²) in [5.74, 6) is 0.933. The van der Waals surface area contributed by atoms with Crippen LogP contribution in [0.1, 0.15) is 19.8 Å². The van der Waals surface area contributed by atoms with Gasteiger partial charge in [-0.2, -0.15) is 0 Å². The molecule has 0 atom stereocenters. The van der Waals surface area contributed by atoms with Crippen LogP contribution in [0.4, 0.5) is 0 Å². The summed E-state index contributed by atoms with van der Waals surface area (Å²) >= 11 is 3.21. The molecule has 1 rings (SSSR count). The first-order valence-corrected chi connectivity index (χ1v) is 5.14. The molecule has 0 saturated heterocycles. The van der Waals surface area contributed by atoms with E-state index in [4.69, 9.17) is 4.74 Å². The van der Waals surface area contributed by atoms with E-state index in [1.165, 1.54) is 0 Å². The molecule has 0 unspecified atom stereocenters. The number of hydrogen-bond donors (Lipinski definition) is 1. The topological polar surface area (TPSA) is 29.5 Å². The number of halogens is 1. The van der Waals surface area contributed by atoms with Crippen molar-refractivity contribution < 1.29 is 9.84 Å². The Morgan fingerprint density at radius 1 is 1.46 bits per heavy atom. The van der Waals surface area contributed by atoms with Crippen LogP contribution in [0.15, 0.2) is 22.7 Å². The van der Waals surface area contributed by atoms with Crippen molar-refractivity contribution in [1.82, 2.24) is 0 Å². The van der Waals surface area contributed by atoms with E-state index in [2.05, 4.69) is 22.9 Å². The second-order valence-corrected chi connectivity index (χ2v) is 3.67. The second kappa shape index (κ2) is 5.12.